The summed E-state index contributed by atoms with van der Waals surface area (Å²) in [5.74, 6) is -0.948. The van der Waals surface area contributed by atoms with Crippen molar-refractivity contribution >= 4 is 73.9 Å². The third kappa shape index (κ3) is 8.43. The number of rotatable bonds is 10. The van der Waals surface area contributed by atoms with Crippen molar-refractivity contribution < 1.29 is 18.0 Å². The van der Waals surface area contributed by atoms with Crippen LogP contribution in [0, 0.1) is 0 Å². The van der Waals surface area contributed by atoms with Gasteiger partial charge in [-0.3, -0.25) is 13.9 Å². The van der Waals surface area contributed by atoms with Gasteiger partial charge in [0.15, 0.2) is 0 Å². The van der Waals surface area contributed by atoms with Crippen molar-refractivity contribution in [2.75, 3.05) is 17.1 Å². The third-order valence-electron chi connectivity index (χ3n) is 4.97. The standard InChI is InChI=1S/C23H27Cl4N3O4S/c1-5-21(23(32)28-14(2)3)29(12-15-6-7-19(26)20(27)8-15)22(31)13-30(35(4,33)34)18-10-16(24)9-17(25)11-18/h6-11,14,21H,5,12-13H2,1-4H3,(H,28,32)/t21-/m1/s1. The van der Waals surface area contributed by atoms with E-state index in [9.17, 15) is 18.0 Å². The van der Waals surface area contributed by atoms with E-state index in [0.717, 1.165) is 10.6 Å². The van der Waals surface area contributed by atoms with Crippen LogP contribution in [0.2, 0.25) is 20.1 Å². The van der Waals surface area contributed by atoms with Crippen molar-refractivity contribution in [2.45, 2.75) is 45.8 Å². The Bertz CT molecular complexity index is 1170. The molecule has 0 unspecified atom stereocenters. The first-order valence-electron chi connectivity index (χ1n) is 10.7. The molecular formula is C23H27Cl4N3O4S. The fourth-order valence-electron chi connectivity index (χ4n) is 3.43. The first-order chi connectivity index (χ1) is 16.2. The second-order valence-electron chi connectivity index (χ2n) is 8.25. The molecule has 192 valence electrons. The van der Waals surface area contributed by atoms with Crippen LogP contribution in [0.4, 0.5) is 5.69 Å². The Kier molecular flexibility index (Phi) is 10.5. The van der Waals surface area contributed by atoms with Crippen molar-refractivity contribution in [1.82, 2.24) is 10.2 Å². The molecule has 1 atom stereocenters. The van der Waals surface area contributed by atoms with Gasteiger partial charge in [0.05, 0.1) is 22.0 Å². The van der Waals surface area contributed by atoms with Gasteiger partial charge in [-0.25, -0.2) is 8.42 Å². The molecule has 1 N–H and O–H groups in total. The summed E-state index contributed by atoms with van der Waals surface area (Å²) < 4.78 is 26.2. The second-order valence-corrected chi connectivity index (χ2v) is 11.8. The van der Waals surface area contributed by atoms with Crippen molar-refractivity contribution in [2.24, 2.45) is 0 Å². The lowest BCUT2D eigenvalue weighted by Gasteiger charge is -2.33. The first kappa shape index (κ1) is 29.5. The Labute approximate surface area is 226 Å². The summed E-state index contributed by atoms with van der Waals surface area (Å²) in [5, 5.41) is 3.88. The predicted molar refractivity (Wildman–Crippen MR) is 143 cm³/mol. The van der Waals surface area contributed by atoms with E-state index in [1.165, 1.54) is 23.1 Å². The summed E-state index contributed by atoms with van der Waals surface area (Å²) in [6.45, 7) is 4.83. The lowest BCUT2D eigenvalue weighted by atomic mass is 10.1. The van der Waals surface area contributed by atoms with E-state index in [1.54, 1.807) is 25.1 Å². The molecule has 0 fully saturated rings. The maximum Gasteiger partial charge on any atom is 0.244 e. The lowest BCUT2D eigenvalue weighted by molar-refractivity contribution is -0.140. The normalized spacial score (nSPS) is 12.4. The SMILES string of the molecule is CC[C@H](C(=O)NC(C)C)N(Cc1ccc(Cl)c(Cl)c1)C(=O)CN(c1cc(Cl)cc(Cl)c1)S(C)(=O)=O. The molecule has 2 amide bonds. The number of benzene rings is 2. The molecule has 0 bridgehead atoms. The van der Waals surface area contributed by atoms with Gasteiger partial charge in [0.1, 0.15) is 12.6 Å². The fraction of sp³-hybridized carbons (Fsp3) is 0.391. The molecule has 0 spiro atoms. The number of hydrogen-bond acceptors (Lipinski definition) is 4. The Morgan fingerprint density at radius 2 is 1.57 bits per heavy atom. The monoisotopic (exact) mass is 581 g/mol. The first-order valence-corrected chi connectivity index (χ1v) is 14.1. The summed E-state index contributed by atoms with van der Waals surface area (Å²) >= 11 is 24.3. The van der Waals surface area contributed by atoms with Crippen LogP contribution in [0.15, 0.2) is 36.4 Å². The zero-order valence-electron chi connectivity index (χ0n) is 19.7. The van der Waals surface area contributed by atoms with Gasteiger partial charge in [-0.2, -0.15) is 0 Å². The van der Waals surface area contributed by atoms with Crippen LogP contribution in [-0.2, 0) is 26.2 Å². The number of carbonyl (C=O) groups is 2. The van der Waals surface area contributed by atoms with E-state index in [1.807, 2.05) is 13.8 Å². The summed E-state index contributed by atoms with van der Waals surface area (Å²) in [6, 6.07) is 8.11. The Balaban J connectivity index is 2.50. The molecule has 2 rings (SSSR count). The molecular weight excluding hydrogens is 556 g/mol. The van der Waals surface area contributed by atoms with Crippen LogP contribution < -0.4 is 9.62 Å². The quantitative estimate of drug-likeness (QED) is 0.406. The average molecular weight is 583 g/mol. The van der Waals surface area contributed by atoms with Gasteiger partial charge >= 0.3 is 0 Å². The van der Waals surface area contributed by atoms with E-state index >= 15 is 0 Å². The second kappa shape index (κ2) is 12.5. The van der Waals surface area contributed by atoms with Crippen LogP contribution >= 0.6 is 46.4 Å². The molecule has 0 aliphatic rings. The van der Waals surface area contributed by atoms with E-state index in [-0.39, 0.29) is 34.2 Å². The topological polar surface area (TPSA) is 86.8 Å². The molecule has 35 heavy (non-hydrogen) atoms. The van der Waals surface area contributed by atoms with Gasteiger partial charge in [0.2, 0.25) is 21.8 Å². The van der Waals surface area contributed by atoms with Gasteiger partial charge in [-0.05, 0) is 56.2 Å². The minimum absolute atomic E-state index is 0.00759. The van der Waals surface area contributed by atoms with E-state index in [4.69, 9.17) is 46.4 Å². The maximum atomic E-state index is 13.6. The van der Waals surface area contributed by atoms with Crippen molar-refractivity contribution in [3.63, 3.8) is 0 Å². The molecule has 0 aromatic heterocycles. The zero-order valence-corrected chi connectivity index (χ0v) is 23.5. The highest BCUT2D eigenvalue weighted by Gasteiger charge is 2.32. The van der Waals surface area contributed by atoms with Crippen LogP contribution in [-0.4, -0.2) is 50.0 Å². The number of sulfonamides is 1. The highest BCUT2D eigenvalue weighted by Crippen LogP contribution is 2.28. The molecule has 0 aliphatic heterocycles. The van der Waals surface area contributed by atoms with Gasteiger partial charge in [0.25, 0.3) is 0 Å². The predicted octanol–water partition coefficient (Wildman–Crippen LogP) is 5.40. The Morgan fingerprint density at radius 1 is 0.971 bits per heavy atom. The molecule has 0 heterocycles. The number of nitrogens with one attached hydrogen (secondary N) is 1. The Morgan fingerprint density at radius 3 is 2.06 bits per heavy atom. The minimum atomic E-state index is -3.91. The molecule has 0 saturated carbocycles. The summed E-state index contributed by atoms with van der Waals surface area (Å²) in [7, 11) is -3.91. The summed E-state index contributed by atoms with van der Waals surface area (Å²) in [5.41, 5.74) is 0.757. The third-order valence-corrected chi connectivity index (χ3v) is 7.28. The average Bonchev–Trinajstić information content (AvgIpc) is 2.72. The zero-order chi connectivity index (χ0) is 26.5. The fourth-order valence-corrected chi connectivity index (χ4v) is 5.10. The molecule has 0 saturated heterocycles. The lowest BCUT2D eigenvalue weighted by Crippen LogP contribution is -2.53. The van der Waals surface area contributed by atoms with Gasteiger partial charge in [0, 0.05) is 22.6 Å². The smallest absolute Gasteiger partial charge is 0.244 e. The van der Waals surface area contributed by atoms with E-state index in [2.05, 4.69) is 5.32 Å². The van der Waals surface area contributed by atoms with Crippen LogP contribution in [0.5, 0.6) is 0 Å². The molecule has 0 radical (unpaired) electrons. The van der Waals surface area contributed by atoms with Gasteiger partial charge < -0.3 is 10.2 Å². The highest BCUT2D eigenvalue weighted by atomic mass is 35.5. The number of carbonyl (C=O) groups excluding carboxylic acids is 2. The Hall–Kier alpha value is -1.71. The number of amides is 2. The van der Waals surface area contributed by atoms with E-state index < -0.39 is 28.5 Å². The molecule has 0 aliphatic carbocycles. The van der Waals surface area contributed by atoms with Crippen molar-refractivity contribution in [3.05, 3.63) is 62.1 Å². The number of halogens is 4. The molecule has 2 aromatic carbocycles. The number of hydrogen-bond donors (Lipinski definition) is 1. The summed E-state index contributed by atoms with van der Waals surface area (Å²) in [4.78, 5) is 27.9. The molecule has 7 nitrogen and oxygen atoms in total. The van der Waals surface area contributed by atoms with Gasteiger partial charge in [-0.15, -0.1) is 0 Å². The number of anilines is 1. The minimum Gasteiger partial charge on any atom is -0.352 e. The highest BCUT2D eigenvalue weighted by molar-refractivity contribution is 7.92. The van der Waals surface area contributed by atoms with Crippen LogP contribution in [0.25, 0.3) is 0 Å². The van der Waals surface area contributed by atoms with Gasteiger partial charge in [-0.1, -0.05) is 59.4 Å². The van der Waals surface area contributed by atoms with Crippen LogP contribution in [0.3, 0.4) is 0 Å². The largest absolute Gasteiger partial charge is 0.352 e. The molecule has 12 heteroatoms. The molecule has 2 aromatic rings. The van der Waals surface area contributed by atoms with Crippen molar-refractivity contribution in [1.29, 1.82) is 0 Å². The van der Waals surface area contributed by atoms with Crippen molar-refractivity contribution in [3.8, 4) is 0 Å². The van der Waals surface area contributed by atoms with E-state index in [0.29, 0.717) is 22.0 Å². The maximum absolute atomic E-state index is 13.6. The van der Waals surface area contributed by atoms with Crippen LogP contribution in [0.1, 0.15) is 32.8 Å². The number of nitrogens with zero attached hydrogens (tertiary/aromatic N) is 2. The summed E-state index contributed by atoms with van der Waals surface area (Å²) in [6.07, 6.45) is 1.27.